The average molecular weight is 643 g/mol. The molecule has 3 heterocycles. The van der Waals surface area contributed by atoms with E-state index in [0.717, 1.165) is 24.2 Å². The summed E-state index contributed by atoms with van der Waals surface area (Å²) in [6.07, 6.45) is -8.03. The predicted molar refractivity (Wildman–Crippen MR) is 152 cm³/mol. The fourth-order valence-corrected chi connectivity index (χ4v) is 6.81. The van der Waals surface area contributed by atoms with Crippen LogP contribution in [0.15, 0.2) is 42.5 Å². The smallest absolute Gasteiger partial charge is 0.416 e. The Morgan fingerprint density at radius 1 is 1.04 bits per heavy atom. The zero-order valence-electron chi connectivity index (χ0n) is 25.1. The van der Waals surface area contributed by atoms with Crippen LogP contribution in [0.5, 0.6) is 0 Å². The normalized spacial score (nSPS) is 21.9. The van der Waals surface area contributed by atoms with E-state index in [4.69, 9.17) is 9.90 Å². The van der Waals surface area contributed by atoms with E-state index in [9.17, 15) is 35.9 Å². The van der Waals surface area contributed by atoms with E-state index in [1.807, 2.05) is 36.1 Å². The van der Waals surface area contributed by atoms with Crippen LogP contribution in [0.25, 0.3) is 0 Å². The molecular weight excluding hydrogens is 606 g/mol. The van der Waals surface area contributed by atoms with E-state index in [-0.39, 0.29) is 36.6 Å². The van der Waals surface area contributed by atoms with Gasteiger partial charge in [-0.2, -0.15) is 26.3 Å². The highest BCUT2D eigenvalue weighted by Crippen LogP contribution is 2.50. The van der Waals surface area contributed by atoms with Crippen LogP contribution in [-0.2, 0) is 21.9 Å². The number of amides is 3. The van der Waals surface area contributed by atoms with Gasteiger partial charge in [0, 0.05) is 20.1 Å². The highest BCUT2D eigenvalue weighted by atomic mass is 19.4. The van der Waals surface area contributed by atoms with Crippen LogP contribution in [0.2, 0.25) is 0 Å². The molecule has 2 aromatic rings. The molecule has 3 aliphatic rings. The van der Waals surface area contributed by atoms with E-state index in [2.05, 4.69) is 5.32 Å². The number of hydrogen-bond donors (Lipinski definition) is 2. The maximum Gasteiger partial charge on any atom is 0.416 e. The number of hydrogen-bond acceptors (Lipinski definition) is 4. The minimum atomic E-state index is -5.00. The number of fused-ring (bicyclic) bond motifs is 1. The third kappa shape index (κ3) is 6.75. The Balaban J connectivity index is 0.00000148. The molecule has 0 bridgehead atoms. The van der Waals surface area contributed by atoms with Gasteiger partial charge in [0.05, 0.1) is 34.7 Å². The largest absolute Gasteiger partial charge is 0.483 e. The highest BCUT2D eigenvalue weighted by Gasteiger charge is 2.57. The number of nitrogens with zero attached hydrogens (tertiary/aromatic N) is 3. The summed E-state index contributed by atoms with van der Waals surface area (Å²) < 4.78 is 81.3. The van der Waals surface area contributed by atoms with Crippen LogP contribution < -0.4 is 5.32 Å². The first-order valence-electron chi connectivity index (χ1n) is 14.5. The van der Waals surface area contributed by atoms with Crippen molar-refractivity contribution in [3.05, 3.63) is 70.3 Å². The molecule has 8 nitrogen and oxygen atoms in total. The molecular formula is C31H36F6N4O4. The zero-order valence-corrected chi connectivity index (χ0v) is 25.1. The quantitative estimate of drug-likeness (QED) is 0.323. The van der Waals surface area contributed by atoms with E-state index >= 15 is 0 Å². The van der Waals surface area contributed by atoms with Gasteiger partial charge in [0.25, 0.3) is 6.47 Å². The van der Waals surface area contributed by atoms with Gasteiger partial charge in [0.2, 0.25) is 5.91 Å². The molecule has 0 radical (unpaired) electrons. The summed E-state index contributed by atoms with van der Waals surface area (Å²) in [4.78, 5) is 40.9. The molecule has 45 heavy (non-hydrogen) atoms. The fraction of sp³-hybridized carbons (Fsp3) is 0.516. The van der Waals surface area contributed by atoms with Crippen molar-refractivity contribution in [3.8, 4) is 0 Å². The topological polar surface area (TPSA) is 93.2 Å². The molecule has 0 aromatic heterocycles. The van der Waals surface area contributed by atoms with Crippen molar-refractivity contribution < 1.29 is 45.8 Å². The van der Waals surface area contributed by atoms with E-state index < -0.39 is 47.0 Å². The summed E-state index contributed by atoms with van der Waals surface area (Å²) in [5.74, 6) is 0.0880. The maximum atomic E-state index is 14.1. The van der Waals surface area contributed by atoms with E-state index in [0.29, 0.717) is 37.9 Å². The van der Waals surface area contributed by atoms with Crippen molar-refractivity contribution >= 4 is 18.4 Å². The number of piperidine rings is 1. The first-order chi connectivity index (χ1) is 21.1. The first-order valence-corrected chi connectivity index (χ1v) is 14.5. The second-order valence-electron chi connectivity index (χ2n) is 11.8. The van der Waals surface area contributed by atoms with Gasteiger partial charge >= 0.3 is 18.4 Å². The first kappa shape index (κ1) is 34.1. The minimum Gasteiger partial charge on any atom is -0.483 e. The number of rotatable bonds is 3. The standard InChI is InChI=1S/C30H34F6N4O2.CH2O2/c1-18-6-4-5-7-23(18)25-24-17-28(8-10-37-11-9-28)26(41)39(24)12-13-40(25)27(42)38(3)19(2)20-14-21(29(31,32)33)16-22(15-20)30(34,35)36;2-1-3/h4-7,14-16,19,24-25,37H,8-13,17H2,1-3H3;1H,(H,2,3)/t19-,24+,25+;/m1./s1. The van der Waals surface area contributed by atoms with Crippen LogP contribution in [0, 0.1) is 12.3 Å². The van der Waals surface area contributed by atoms with E-state index in [1.165, 1.54) is 18.9 Å². The van der Waals surface area contributed by atoms with Gasteiger partial charge in [0.15, 0.2) is 0 Å². The van der Waals surface area contributed by atoms with Gasteiger partial charge < -0.3 is 25.1 Å². The van der Waals surface area contributed by atoms with E-state index in [1.54, 1.807) is 4.90 Å². The van der Waals surface area contributed by atoms with Crippen LogP contribution in [0.4, 0.5) is 31.1 Å². The summed E-state index contributed by atoms with van der Waals surface area (Å²) in [7, 11) is 1.38. The Bertz CT molecular complexity index is 1380. The Morgan fingerprint density at radius 3 is 2.13 bits per heavy atom. The van der Waals surface area contributed by atoms with Gasteiger partial charge in [-0.25, -0.2) is 4.79 Å². The summed E-state index contributed by atoms with van der Waals surface area (Å²) in [5, 5.41) is 10.2. The number of carbonyl (C=O) groups is 3. The zero-order chi connectivity index (χ0) is 33.3. The van der Waals surface area contributed by atoms with Crippen LogP contribution in [-0.4, -0.2) is 77.5 Å². The van der Waals surface area contributed by atoms with Crippen LogP contribution in [0.3, 0.4) is 0 Å². The molecule has 3 aliphatic heterocycles. The lowest BCUT2D eigenvalue weighted by Crippen LogP contribution is -2.57. The second kappa shape index (κ2) is 12.9. The lowest BCUT2D eigenvalue weighted by Gasteiger charge is -2.47. The van der Waals surface area contributed by atoms with Gasteiger partial charge in [-0.1, -0.05) is 24.3 Å². The Hall–Kier alpha value is -3.81. The summed E-state index contributed by atoms with van der Waals surface area (Å²) in [6.45, 7) is 5.01. The number of piperazine rings is 1. The number of aryl methyl sites for hydroxylation is 1. The van der Waals surface area contributed by atoms with Gasteiger partial charge in [0.1, 0.15) is 0 Å². The number of alkyl halides is 6. The molecule has 0 aliphatic carbocycles. The van der Waals surface area contributed by atoms with Crippen LogP contribution in [0.1, 0.15) is 66.1 Å². The second-order valence-corrected chi connectivity index (χ2v) is 11.8. The molecule has 3 atom stereocenters. The molecule has 3 saturated heterocycles. The van der Waals surface area contributed by atoms with Crippen molar-refractivity contribution in [2.45, 2.75) is 63.6 Å². The number of carbonyl (C=O) groups excluding carboxylic acids is 2. The summed E-state index contributed by atoms with van der Waals surface area (Å²) in [6, 6.07) is 6.52. The van der Waals surface area contributed by atoms with Crippen molar-refractivity contribution in [3.63, 3.8) is 0 Å². The number of carboxylic acid groups (broad SMARTS) is 1. The van der Waals surface area contributed by atoms with Crippen LogP contribution >= 0.6 is 0 Å². The van der Waals surface area contributed by atoms with Crippen molar-refractivity contribution in [1.82, 2.24) is 20.0 Å². The lowest BCUT2D eigenvalue weighted by atomic mass is 9.75. The Morgan fingerprint density at radius 2 is 1.60 bits per heavy atom. The van der Waals surface area contributed by atoms with Gasteiger partial charge in [-0.05, 0) is 81.1 Å². The molecule has 0 saturated carbocycles. The molecule has 5 rings (SSSR count). The van der Waals surface area contributed by atoms with Crippen molar-refractivity contribution in [2.24, 2.45) is 5.41 Å². The number of nitrogens with one attached hydrogen (secondary N) is 1. The SMILES string of the molecule is Cc1ccccc1[C@H]1[C@@H]2CC3(CCNCC3)C(=O)N2CCN1C(=O)N(C)[C@H](C)c1cc(C(F)(F)F)cc(C(F)(F)F)c1.O=CO. The average Bonchev–Trinajstić information content (AvgIpc) is 3.25. The monoisotopic (exact) mass is 642 g/mol. The third-order valence-corrected chi connectivity index (χ3v) is 9.29. The Labute approximate surface area is 257 Å². The Kier molecular flexibility index (Phi) is 9.76. The summed E-state index contributed by atoms with van der Waals surface area (Å²) >= 11 is 0. The maximum absolute atomic E-state index is 14.1. The highest BCUT2D eigenvalue weighted by molar-refractivity contribution is 5.86. The molecule has 0 unspecified atom stereocenters. The summed E-state index contributed by atoms with van der Waals surface area (Å²) in [5.41, 5.74) is -1.86. The number of urea groups is 1. The van der Waals surface area contributed by atoms with Gasteiger partial charge in [-0.15, -0.1) is 0 Å². The number of halogens is 6. The molecule has 2 aromatic carbocycles. The molecule has 246 valence electrons. The van der Waals surface area contributed by atoms with Crippen molar-refractivity contribution in [1.29, 1.82) is 0 Å². The number of benzene rings is 2. The predicted octanol–water partition coefficient (Wildman–Crippen LogP) is 5.87. The van der Waals surface area contributed by atoms with Gasteiger partial charge in [-0.3, -0.25) is 9.59 Å². The molecule has 3 fully saturated rings. The fourth-order valence-electron chi connectivity index (χ4n) is 6.81. The van der Waals surface area contributed by atoms with Crippen molar-refractivity contribution in [2.75, 3.05) is 33.2 Å². The minimum absolute atomic E-state index is 0.0825. The third-order valence-electron chi connectivity index (χ3n) is 9.29. The molecule has 3 amide bonds. The molecule has 2 N–H and O–H groups in total. The molecule has 14 heteroatoms. The lowest BCUT2D eigenvalue weighted by molar-refractivity contribution is -0.143. The molecule has 1 spiro atoms.